The van der Waals surface area contributed by atoms with Gasteiger partial charge in [0.1, 0.15) is 24.3 Å². The van der Waals surface area contributed by atoms with Crippen LogP contribution in [0.2, 0.25) is 0 Å². The molecule has 3 N–H and O–H groups in total. The Bertz CT molecular complexity index is 3310. The number of carboxylic acids is 1. The molecule has 0 aliphatic rings. The van der Waals surface area contributed by atoms with Crippen LogP contribution >= 0.6 is 0 Å². The molecule has 0 unspecified atom stereocenters. The van der Waals surface area contributed by atoms with Crippen molar-refractivity contribution in [3.63, 3.8) is 0 Å². The molecule has 14 nitrogen and oxygen atoms in total. The zero-order chi connectivity index (χ0) is 46.0. The third-order valence-electron chi connectivity index (χ3n) is 10.7. The number of esters is 1. The number of rotatable bonds is 12. The van der Waals surface area contributed by atoms with Crippen molar-refractivity contribution in [2.75, 3.05) is 17.7 Å². The highest BCUT2D eigenvalue weighted by Gasteiger charge is 2.17. The van der Waals surface area contributed by atoms with Crippen molar-refractivity contribution < 1.29 is 19.4 Å². The number of hydrogen-bond donors (Lipinski definition) is 3. The summed E-state index contributed by atoms with van der Waals surface area (Å²) in [6.45, 7) is 0.987. The van der Waals surface area contributed by atoms with Crippen LogP contribution in [0.5, 0.6) is 0 Å². The number of aromatic nitrogens is 8. The molecule has 0 saturated heterocycles. The second kappa shape index (κ2) is 20.0. The minimum absolute atomic E-state index is 0.254. The van der Waals surface area contributed by atoms with Gasteiger partial charge in [-0.15, -0.1) is 0 Å². The van der Waals surface area contributed by atoms with Gasteiger partial charge in [-0.3, -0.25) is 0 Å². The molecule has 0 aliphatic heterocycles. The summed E-state index contributed by atoms with van der Waals surface area (Å²) < 4.78 is 4.78. The van der Waals surface area contributed by atoms with Crippen molar-refractivity contribution in [3.05, 3.63) is 205 Å². The van der Waals surface area contributed by atoms with Crippen LogP contribution in [-0.2, 0) is 17.8 Å². The van der Waals surface area contributed by atoms with E-state index in [2.05, 4.69) is 67.0 Å². The summed E-state index contributed by atoms with van der Waals surface area (Å²) in [6.07, 6.45) is 9.72. The summed E-state index contributed by atoms with van der Waals surface area (Å²) >= 11 is 0. The van der Waals surface area contributed by atoms with Crippen LogP contribution in [0.4, 0.5) is 11.6 Å². The number of anilines is 2. The smallest absolute Gasteiger partial charge is 0.337 e. The standard InChI is InChI=1S/C27H21N5O2.C26H19N5O2/c1-34-27(33)20-12-10-18(11-13-20)14-30-26-24-22(19-6-3-2-4-7-19)8-5-9-23(24)31-25(32-26)21-15-28-17-29-16-21;32-26(33)19-11-9-17(10-12-19)13-29-25-23-21(18-5-2-1-3-6-18)7-4-8-22(23)30-24(31-25)20-14-27-16-28-15-20/h2-13,15-17H,14H2,1H3,(H,30,31,32);1-12,14-16H,13H2,(H,32,33)(H,29,30,31). The maximum Gasteiger partial charge on any atom is 0.337 e. The fourth-order valence-corrected chi connectivity index (χ4v) is 7.44. The molecule has 0 saturated carbocycles. The van der Waals surface area contributed by atoms with Crippen LogP contribution in [0.1, 0.15) is 31.8 Å². The predicted octanol–water partition coefficient (Wildman–Crippen LogP) is 10.2. The predicted molar refractivity (Wildman–Crippen MR) is 258 cm³/mol. The molecule has 0 atom stereocenters. The third kappa shape index (κ3) is 9.93. The maximum atomic E-state index is 11.7. The average Bonchev–Trinajstić information content (AvgIpc) is 3.40. The number of nitrogens with one attached hydrogen (secondary N) is 2. The van der Waals surface area contributed by atoms with Crippen molar-refractivity contribution >= 4 is 45.4 Å². The van der Waals surface area contributed by atoms with E-state index in [1.807, 2.05) is 72.8 Å². The topological polar surface area (TPSA) is 191 Å². The van der Waals surface area contributed by atoms with E-state index in [1.54, 1.807) is 61.2 Å². The Labute approximate surface area is 384 Å². The Morgan fingerprint density at radius 3 is 1.30 bits per heavy atom. The van der Waals surface area contributed by atoms with Gasteiger partial charge >= 0.3 is 11.9 Å². The van der Waals surface area contributed by atoms with Gasteiger partial charge in [0.15, 0.2) is 11.6 Å². The second-order valence-corrected chi connectivity index (χ2v) is 15.1. The summed E-state index contributed by atoms with van der Waals surface area (Å²) in [4.78, 5) is 58.5. The molecule has 0 aliphatic carbocycles. The molecule has 10 rings (SSSR count). The molecular weight excluding hydrogens is 841 g/mol. The van der Waals surface area contributed by atoms with Crippen molar-refractivity contribution in [3.8, 4) is 45.0 Å². The number of nitrogens with zero attached hydrogens (tertiary/aromatic N) is 8. The first-order valence-corrected chi connectivity index (χ1v) is 21.1. The summed E-state index contributed by atoms with van der Waals surface area (Å²) in [6, 6.07) is 46.4. The minimum Gasteiger partial charge on any atom is -0.478 e. The van der Waals surface area contributed by atoms with Gasteiger partial charge in [-0.25, -0.2) is 49.5 Å². The molecule has 6 aromatic carbocycles. The van der Waals surface area contributed by atoms with Crippen molar-refractivity contribution in [1.29, 1.82) is 0 Å². The first kappa shape index (κ1) is 43.0. The number of benzene rings is 6. The van der Waals surface area contributed by atoms with Crippen molar-refractivity contribution in [2.45, 2.75) is 13.1 Å². The molecule has 4 heterocycles. The molecular formula is C53H40N10O4. The number of carbonyl (C=O) groups is 2. The van der Waals surface area contributed by atoms with E-state index in [4.69, 9.17) is 29.8 Å². The number of carbonyl (C=O) groups excluding carboxylic acids is 1. The molecule has 0 bridgehead atoms. The molecule has 10 aromatic rings. The molecule has 0 spiro atoms. The Balaban J connectivity index is 0.000000168. The van der Waals surface area contributed by atoms with Gasteiger partial charge < -0.3 is 20.5 Å². The highest BCUT2D eigenvalue weighted by molar-refractivity contribution is 6.03. The van der Waals surface area contributed by atoms with E-state index in [0.717, 1.165) is 66.3 Å². The van der Waals surface area contributed by atoms with E-state index >= 15 is 0 Å². The lowest BCUT2D eigenvalue weighted by Gasteiger charge is -2.14. The maximum absolute atomic E-state index is 11.7. The van der Waals surface area contributed by atoms with E-state index in [0.29, 0.717) is 41.9 Å². The zero-order valence-electron chi connectivity index (χ0n) is 36.0. The van der Waals surface area contributed by atoms with Gasteiger partial charge in [-0.1, -0.05) is 109 Å². The van der Waals surface area contributed by atoms with E-state index in [-0.39, 0.29) is 11.5 Å². The van der Waals surface area contributed by atoms with Crippen LogP contribution in [0.25, 0.3) is 66.8 Å². The van der Waals surface area contributed by atoms with Gasteiger partial charge in [0.25, 0.3) is 0 Å². The number of aromatic carboxylic acids is 1. The van der Waals surface area contributed by atoms with Gasteiger partial charge in [-0.05, 0) is 69.8 Å². The highest BCUT2D eigenvalue weighted by Crippen LogP contribution is 2.36. The second-order valence-electron chi connectivity index (χ2n) is 15.1. The Morgan fingerprint density at radius 1 is 0.478 bits per heavy atom. The van der Waals surface area contributed by atoms with Gasteiger partial charge in [0.2, 0.25) is 0 Å². The van der Waals surface area contributed by atoms with E-state index in [1.165, 1.54) is 19.8 Å². The van der Waals surface area contributed by atoms with Crippen LogP contribution in [0, 0.1) is 0 Å². The number of fused-ring (bicyclic) bond motifs is 2. The normalized spacial score (nSPS) is 10.8. The number of hydrogen-bond acceptors (Lipinski definition) is 13. The SMILES string of the molecule is COC(=O)c1ccc(CNc2nc(-c3cncnc3)nc3cccc(-c4ccccc4)c23)cc1.O=C(O)c1ccc(CNc2nc(-c3cncnc3)nc3cccc(-c4ccccc4)c23)cc1. The van der Waals surface area contributed by atoms with Crippen LogP contribution in [-0.4, -0.2) is 64.0 Å². The average molecular weight is 881 g/mol. The number of ether oxygens (including phenoxy) is 1. The fourth-order valence-electron chi connectivity index (χ4n) is 7.44. The minimum atomic E-state index is -0.946. The molecule has 67 heavy (non-hydrogen) atoms. The highest BCUT2D eigenvalue weighted by atomic mass is 16.5. The van der Waals surface area contributed by atoms with E-state index in [9.17, 15) is 9.59 Å². The number of carboxylic acid groups (broad SMARTS) is 1. The summed E-state index contributed by atoms with van der Waals surface area (Å²) in [5.74, 6) is 1.15. The monoisotopic (exact) mass is 880 g/mol. The van der Waals surface area contributed by atoms with Crippen LogP contribution in [0.3, 0.4) is 0 Å². The van der Waals surface area contributed by atoms with Gasteiger partial charge in [-0.2, -0.15) is 0 Å². The molecule has 14 heteroatoms. The van der Waals surface area contributed by atoms with Gasteiger partial charge in [0.05, 0.1) is 51.2 Å². The zero-order valence-corrected chi connectivity index (χ0v) is 36.0. The Morgan fingerprint density at radius 2 is 0.896 bits per heavy atom. The molecule has 4 aromatic heterocycles. The van der Waals surface area contributed by atoms with Crippen LogP contribution < -0.4 is 10.6 Å². The first-order valence-electron chi connectivity index (χ1n) is 21.1. The molecule has 0 radical (unpaired) electrons. The van der Waals surface area contributed by atoms with Crippen molar-refractivity contribution in [1.82, 2.24) is 39.9 Å². The Kier molecular flexibility index (Phi) is 12.9. The summed E-state index contributed by atoms with van der Waals surface area (Å²) in [5.41, 5.74) is 9.99. The molecule has 326 valence electrons. The van der Waals surface area contributed by atoms with Crippen molar-refractivity contribution in [2.24, 2.45) is 0 Å². The quantitative estimate of drug-likeness (QED) is 0.0982. The lowest BCUT2D eigenvalue weighted by molar-refractivity contribution is 0.0599. The third-order valence-corrected chi connectivity index (χ3v) is 10.7. The fraction of sp³-hybridized carbons (Fsp3) is 0.0566. The van der Waals surface area contributed by atoms with E-state index < -0.39 is 5.97 Å². The van der Waals surface area contributed by atoms with Gasteiger partial charge in [0, 0.05) is 37.9 Å². The lowest BCUT2D eigenvalue weighted by Crippen LogP contribution is -2.06. The largest absolute Gasteiger partial charge is 0.478 e. The molecule has 0 fully saturated rings. The Hall–Kier alpha value is -9.30. The van der Waals surface area contributed by atoms with Crippen LogP contribution in [0.15, 0.2) is 183 Å². The lowest BCUT2D eigenvalue weighted by atomic mass is 10.0. The summed E-state index contributed by atoms with van der Waals surface area (Å²) in [5, 5.41) is 17.9. The number of methoxy groups -OCH3 is 1. The first-order chi connectivity index (χ1) is 32.9. The molecule has 0 amide bonds. The summed E-state index contributed by atoms with van der Waals surface area (Å²) in [7, 11) is 1.37.